The van der Waals surface area contributed by atoms with Crippen molar-refractivity contribution in [2.45, 2.75) is 12.5 Å². The highest BCUT2D eigenvalue weighted by molar-refractivity contribution is 7.99. The Morgan fingerprint density at radius 1 is 1.43 bits per heavy atom. The zero-order valence-electron chi connectivity index (χ0n) is 11.9. The monoisotopic (exact) mass is 388 g/mol. The summed E-state index contributed by atoms with van der Waals surface area (Å²) in [6, 6.07) is 3.40. The number of carboxylic acid groups (broad SMARTS) is 1. The molecule has 9 heteroatoms. The molecular formula is C14H13ClN2O3S3. The zero-order valence-corrected chi connectivity index (χ0v) is 15.1. The van der Waals surface area contributed by atoms with Gasteiger partial charge in [-0.2, -0.15) is 11.8 Å². The maximum atomic E-state index is 12.7. The lowest BCUT2D eigenvalue weighted by Gasteiger charge is -2.34. The number of aromatic nitrogens is 1. The van der Waals surface area contributed by atoms with E-state index in [1.165, 1.54) is 22.7 Å². The Hall–Kier alpha value is -1.09. The van der Waals surface area contributed by atoms with Gasteiger partial charge in [-0.1, -0.05) is 11.6 Å². The number of carbonyl (C=O) groups is 2. The molecule has 1 atom stereocenters. The molecule has 5 nitrogen and oxygen atoms in total. The molecule has 122 valence electrons. The van der Waals surface area contributed by atoms with Crippen molar-refractivity contribution in [3.05, 3.63) is 27.5 Å². The number of carbonyl (C=O) groups excluding carboxylic acids is 1. The second kappa shape index (κ2) is 7.21. The molecule has 23 heavy (non-hydrogen) atoms. The smallest absolute Gasteiger partial charge is 0.305 e. The average molecular weight is 389 g/mol. The molecule has 1 N–H and O–H groups in total. The van der Waals surface area contributed by atoms with Crippen LogP contribution in [0.3, 0.4) is 0 Å². The van der Waals surface area contributed by atoms with Crippen molar-refractivity contribution in [2.75, 3.05) is 18.1 Å². The summed E-state index contributed by atoms with van der Waals surface area (Å²) in [5, 5.41) is 11.5. The normalized spacial score (nSPS) is 18.1. The molecule has 1 fully saturated rings. The molecule has 0 spiro atoms. The number of amides is 1. The van der Waals surface area contributed by atoms with E-state index in [2.05, 4.69) is 4.98 Å². The van der Waals surface area contributed by atoms with Gasteiger partial charge in [0.15, 0.2) is 0 Å². The van der Waals surface area contributed by atoms with Crippen LogP contribution >= 0.6 is 46.0 Å². The number of carboxylic acids is 1. The molecule has 1 aliphatic heterocycles. The third-order valence-electron chi connectivity index (χ3n) is 3.41. The summed E-state index contributed by atoms with van der Waals surface area (Å²) in [4.78, 5) is 30.7. The summed E-state index contributed by atoms with van der Waals surface area (Å²) in [5.41, 5.74) is 0.372. The number of thiazole rings is 1. The van der Waals surface area contributed by atoms with Crippen molar-refractivity contribution in [2.24, 2.45) is 0 Å². The van der Waals surface area contributed by atoms with E-state index in [-0.39, 0.29) is 18.4 Å². The van der Waals surface area contributed by atoms with E-state index in [4.69, 9.17) is 16.7 Å². The van der Waals surface area contributed by atoms with Crippen LogP contribution in [0.25, 0.3) is 9.88 Å². The van der Waals surface area contributed by atoms with Gasteiger partial charge < -0.3 is 10.0 Å². The Morgan fingerprint density at radius 3 is 2.96 bits per heavy atom. The summed E-state index contributed by atoms with van der Waals surface area (Å²) in [7, 11) is 0. The van der Waals surface area contributed by atoms with E-state index in [9.17, 15) is 9.59 Å². The van der Waals surface area contributed by atoms with Crippen molar-refractivity contribution in [1.82, 2.24) is 9.88 Å². The number of hydrogen-bond acceptors (Lipinski definition) is 6. The predicted octanol–water partition coefficient (Wildman–Crippen LogP) is 3.56. The Balaban J connectivity index is 1.79. The molecule has 0 aliphatic carbocycles. The van der Waals surface area contributed by atoms with Crippen molar-refractivity contribution in [3.63, 3.8) is 0 Å². The fourth-order valence-electron chi connectivity index (χ4n) is 2.35. The Bertz CT molecular complexity index is 730. The fourth-order valence-corrected chi connectivity index (χ4v) is 5.33. The minimum atomic E-state index is -0.887. The fraction of sp³-hybridized carbons (Fsp3) is 0.357. The lowest BCUT2D eigenvalue weighted by Crippen LogP contribution is -2.47. The maximum Gasteiger partial charge on any atom is 0.305 e. The van der Waals surface area contributed by atoms with E-state index < -0.39 is 5.97 Å². The molecule has 1 amide bonds. The average Bonchev–Trinajstić information content (AvgIpc) is 3.15. The van der Waals surface area contributed by atoms with Gasteiger partial charge >= 0.3 is 5.97 Å². The van der Waals surface area contributed by atoms with Crippen LogP contribution in [0.1, 0.15) is 16.9 Å². The van der Waals surface area contributed by atoms with Crippen molar-refractivity contribution in [1.29, 1.82) is 0 Å². The zero-order chi connectivity index (χ0) is 16.4. The van der Waals surface area contributed by atoms with Gasteiger partial charge in [-0.25, -0.2) is 4.98 Å². The first-order chi connectivity index (χ1) is 11.0. The first kappa shape index (κ1) is 16.8. The Morgan fingerprint density at radius 2 is 2.26 bits per heavy atom. The lowest BCUT2D eigenvalue weighted by molar-refractivity contribution is -0.138. The highest BCUT2D eigenvalue weighted by Crippen LogP contribution is 2.33. The van der Waals surface area contributed by atoms with E-state index >= 15 is 0 Å². The number of rotatable bonds is 4. The summed E-state index contributed by atoms with van der Waals surface area (Å²) >= 11 is 10.4. The lowest BCUT2D eigenvalue weighted by atomic mass is 10.2. The van der Waals surface area contributed by atoms with Gasteiger partial charge in [-0.15, -0.1) is 22.7 Å². The Labute approximate surface area is 150 Å². The highest BCUT2D eigenvalue weighted by Gasteiger charge is 2.30. The molecule has 0 saturated carbocycles. The number of aliphatic carboxylic acids is 1. The minimum absolute atomic E-state index is 0.0315. The predicted molar refractivity (Wildman–Crippen MR) is 94.8 cm³/mol. The van der Waals surface area contributed by atoms with E-state index in [0.717, 1.165) is 15.6 Å². The molecule has 1 aliphatic rings. The number of halogens is 1. The molecule has 2 aromatic heterocycles. The van der Waals surface area contributed by atoms with Crippen LogP contribution < -0.4 is 0 Å². The van der Waals surface area contributed by atoms with Crippen molar-refractivity contribution >= 4 is 57.9 Å². The molecule has 3 heterocycles. The molecule has 2 aromatic rings. The maximum absolute atomic E-state index is 12.7. The third-order valence-corrected chi connectivity index (χ3v) is 6.74. The van der Waals surface area contributed by atoms with Crippen LogP contribution in [0, 0.1) is 0 Å². The van der Waals surface area contributed by atoms with Crippen LogP contribution in [-0.2, 0) is 4.79 Å². The van der Waals surface area contributed by atoms with E-state index in [1.54, 1.807) is 28.1 Å². The minimum Gasteiger partial charge on any atom is -0.481 e. The van der Waals surface area contributed by atoms with Gasteiger partial charge in [0.05, 0.1) is 21.7 Å². The topological polar surface area (TPSA) is 70.5 Å². The van der Waals surface area contributed by atoms with Crippen LogP contribution in [0.2, 0.25) is 4.34 Å². The van der Waals surface area contributed by atoms with Gasteiger partial charge in [0, 0.05) is 23.4 Å². The van der Waals surface area contributed by atoms with Crippen LogP contribution in [-0.4, -0.2) is 51.0 Å². The van der Waals surface area contributed by atoms with Crippen molar-refractivity contribution in [3.8, 4) is 9.88 Å². The van der Waals surface area contributed by atoms with Crippen LogP contribution in [0.4, 0.5) is 0 Å². The SMILES string of the molecule is O=C(O)CC1CSCCN1C(=O)c1csc(-c2ccc(Cl)s2)n1. The first-order valence-corrected chi connectivity index (χ1v) is 10.1. The van der Waals surface area contributed by atoms with E-state index in [1.807, 2.05) is 6.07 Å². The molecule has 0 aromatic carbocycles. The van der Waals surface area contributed by atoms with Gasteiger partial charge in [-0.3, -0.25) is 9.59 Å². The summed E-state index contributed by atoms with van der Waals surface area (Å²) in [6.45, 7) is 0.555. The first-order valence-electron chi connectivity index (χ1n) is 6.86. The van der Waals surface area contributed by atoms with Gasteiger partial charge in [0.1, 0.15) is 10.7 Å². The second-order valence-corrected chi connectivity index (χ2v) is 8.69. The summed E-state index contributed by atoms with van der Waals surface area (Å²) < 4.78 is 0.678. The molecule has 3 rings (SSSR count). The highest BCUT2D eigenvalue weighted by atomic mass is 35.5. The summed E-state index contributed by atoms with van der Waals surface area (Å²) in [5.74, 6) is 0.388. The van der Waals surface area contributed by atoms with E-state index in [0.29, 0.717) is 22.3 Å². The number of nitrogens with zero attached hydrogens (tertiary/aromatic N) is 2. The number of thiophene rings is 1. The molecule has 0 bridgehead atoms. The largest absolute Gasteiger partial charge is 0.481 e. The van der Waals surface area contributed by atoms with Gasteiger partial charge in [0.2, 0.25) is 0 Å². The second-order valence-electron chi connectivity index (χ2n) is 4.97. The molecule has 0 radical (unpaired) electrons. The van der Waals surface area contributed by atoms with Crippen LogP contribution in [0.15, 0.2) is 17.5 Å². The Kier molecular flexibility index (Phi) is 5.25. The number of hydrogen-bond donors (Lipinski definition) is 1. The van der Waals surface area contributed by atoms with Gasteiger partial charge in [-0.05, 0) is 12.1 Å². The van der Waals surface area contributed by atoms with Crippen LogP contribution in [0.5, 0.6) is 0 Å². The summed E-state index contributed by atoms with van der Waals surface area (Å²) in [6.07, 6.45) is -0.0315. The third kappa shape index (κ3) is 3.88. The molecule has 1 saturated heterocycles. The molecule has 1 unspecified atom stereocenters. The number of thioether (sulfide) groups is 1. The standard InChI is InChI=1S/C14H13ClN2O3S3/c15-11-2-1-10(23-11)13-16-9(7-22-13)14(20)17-3-4-21-6-8(17)5-12(18)19/h1-2,7-8H,3-6H2,(H,18,19). The van der Waals surface area contributed by atoms with Crippen molar-refractivity contribution < 1.29 is 14.7 Å². The molecular weight excluding hydrogens is 376 g/mol. The van der Waals surface area contributed by atoms with Gasteiger partial charge in [0.25, 0.3) is 5.91 Å². The quantitative estimate of drug-likeness (QED) is 0.867.